The van der Waals surface area contributed by atoms with Gasteiger partial charge in [-0.05, 0) is 38.1 Å². The third kappa shape index (κ3) is 5.44. The van der Waals surface area contributed by atoms with Crippen molar-refractivity contribution >= 4 is 21.8 Å². The van der Waals surface area contributed by atoms with E-state index in [1.807, 2.05) is 13.8 Å². The van der Waals surface area contributed by atoms with Crippen LogP contribution < -0.4 is 14.4 Å². The van der Waals surface area contributed by atoms with Crippen LogP contribution in [0.5, 0.6) is 5.75 Å². The lowest BCUT2D eigenvalue weighted by Gasteiger charge is -2.20. The zero-order valence-electron chi connectivity index (χ0n) is 13.2. The van der Waals surface area contributed by atoms with Crippen LogP contribution in [0.4, 0.5) is 10.5 Å². The summed E-state index contributed by atoms with van der Waals surface area (Å²) in [6, 6.07) is 6.77. The smallest absolute Gasteiger partial charge is 0.406 e. The lowest BCUT2D eigenvalue weighted by atomic mass is 10.3. The molecule has 0 fully saturated rings. The second-order valence-corrected chi connectivity index (χ2v) is 6.98. The van der Waals surface area contributed by atoms with Crippen molar-refractivity contribution in [1.82, 2.24) is 5.32 Å². The number of ether oxygens (including phenoxy) is 2. The molecule has 0 atom stereocenters. The zero-order chi connectivity index (χ0) is 16.8. The van der Waals surface area contributed by atoms with Gasteiger partial charge in [0, 0.05) is 13.6 Å². The molecule has 0 saturated heterocycles. The van der Waals surface area contributed by atoms with Crippen molar-refractivity contribution in [3.05, 3.63) is 24.3 Å². The SMILES string of the molecule is COC(=O)NCCS(=O)(=O)N(C)c1ccc(OC(C)C)cc1. The van der Waals surface area contributed by atoms with Crippen LogP contribution in [-0.4, -0.2) is 47.1 Å². The molecule has 1 rings (SSSR count). The maximum atomic E-state index is 12.2. The monoisotopic (exact) mass is 330 g/mol. The molecule has 0 saturated carbocycles. The molecule has 0 aliphatic rings. The molecule has 1 N–H and O–H groups in total. The Balaban J connectivity index is 2.68. The molecule has 0 aromatic heterocycles. The van der Waals surface area contributed by atoms with Crippen molar-refractivity contribution in [3.8, 4) is 5.75 Å². The Morgan fingerprint density at radius 3 is 2.36 bits per heavy atom. The molecule has 0 bridgehead atoms. The minimum absolute atomic E-state index is 0.0199. The average Bonchev–Trinajstić information content (AvgIpc) is 2.46. The fourth-order valence-corrected chi connectivity index (χ4v) is 2.74. The van der Waals surface area contributed by atoms with Crippen molar-refractivity contribution in [3.63, 3.8) is 0 Å². The molecule has 7 nitrogen and oxygen atoms in total. The molecular weight excluding hydrogens is 308 g/mol. The van der Waals surface area contributed by atoms with E-state index in [1.165, 1.54) is 18.5 Å². The summed E-state index contributed by atoms with van der Waals surface area (Å²) in [5, 5.41) is 2.34. The number of anilines is 1. The van der Waals surface area contributed by atoms with E-state index >= 15 is 0 Å². The van der Waals surface area contributed by atoms with E-state index in [9.17, 15) is 13.2 Å². The molecule has 22 heavy (non-hydrogen) atoms. The second kappa shape index (κ2) is 7.88. The molecule has 0 heterocycles. The molecule has 0 aliphatic heterocycles. The Hall–Kier alpha value is -1.96. The number of hydrogen-bond acceptors (Lipinski definition) is 5. The Bertz CT molecular complexity index is 584. The number of sulfonamides is 1. The first-order chi connectivity index (χ1) is 10.3. The maximum absolute atomic E-state index is 12.2. The van der Waals surface area contributed by atoms with Crippen LogP contribution in [0.1, 0.15) is 13.8 Å². The van der Waals surface area contributed by atoms with E-state index in [2.05, 4.69) is 10.1 Å². The van der Waals surface area contributed by atoms with Gasteiger partial charge in [0.1, 0.15) is 5.75 Å². The normalized spacial score (nSPS) is 11.1. The first-order valence-electron chi connectivity index (χ1n) is 6.81. The molecule has 0 unspecified atom stereocenters. The zero-order valence-corrected chi connectivity index (χ0v) is 14.0. The Kier molecular flexibility index (Phi) is 6.48. The highest BCUT2D eigenvalue weighted by Crippen LogP contribution is 2.21. The number of alkyl carbamates (subject to hydrolysis) is 1. The van der Waals surface area contributed by atoms with Gasteiger partial charge >= 0.3 is 6.09 Å². The summed E-state index contributed by atoms with van der Waals surface area (Å²) in [4.78, 5) is 10.9. The third-order valence-electron chi connectivity index (χ3n) is 2.80. The number of amides is 1. The summed E-state index contributed by atoms with van der Waals surface area (Å²) < 4.78 is 35.4. The number of hydrogen-bond donors (Lipinski definition) is 1. The number of benzene rings is 1. The number of nitrogens with one attached hydrogen (secondary N) is 1. The molecule has 1 amide bonds. The van der Waals surface area contributed by atoms with Gasteiger partial charge in [0.05, 0.1) is 24.7 Å². The van der Waals surface area contributed by atoms with Gasteiger partial charge in [-0.2, -0.15) is 0 Å². The van der Waals surface area contributed by atoms with Gasteiger partial charge in [-0.25, -0.2) is 13.2 Å². The van der Waals surface area contributed by atoms with E-state index in [-0.39, 0.29) is 18.4 Å². The van der Waals surface area contributed by atoms with E-state index in [4.69, 9.17) is 4.74 Å². The van der Waals surface area contributed by atoms with Gasteiger partial charge in [-0.15, -0.1) is 0 Å². The van der Waals surface area contributed by atoms with E-state index < -0.39 is 16.1 Å². The fraction of sp³-hybridized carbons (Fsp3) is 0.500. The van der Waals surface area contributed by atoms with Gasteiger partial charge in [-0.3, -0.25) is 4.31 Å². The summed E-state index contributed by atoms with van der Waals surface area (Å²) in [6.07, 6.45) is -0.607. The van der Waals surface area contributed by atoms with Gasteiger partial charge < -0.3 is 14.8 Å². The van der Waals surface area contributed by atoms with Gasteiger partial charge in [0.25, 0.3) is 0 Å². The van der Waals surface area contributed by atoms with Crippen molar-refractivity contribution in [1.29, 1.82) is 0 Å². The lowest BCUT2D eigenvalue weighted by Crippen LogP contribution is -2.35. The Morgan fingerprint density at radius 2 is 1.86 bits per heavy atom. The van der Waals surface area contributed by atoms with Crippen molar-refractivity contribution < 1.29 is 22.7 Å². The van der Waals surface area contributed by atoms with E-state index in [1.54, 1.807) is 24.3 Å². The summed E-state index contributed by atoms with van der Waals surface area (Å²) in [6.45, 7) is 3.81. The largest absolute Gasteiger partial charge is 0.491 e. The minimum atomic E-state index is -3.53. The van der Waals surface area contributed by atoms with Crippen LogP contribution in [0, 0.1) is 0 Å². The molecule has 124 valence electrons. The first kappa shape index (κ1) is 18.1. The van der Waals surface area contributed by atoms with Crippen LogP contribution in [0.3, 0.4) is 0 Å². The molecule has 0 spiro atoms. The maximum Gasteiger partial charge on any atom is 0.406 e. The number of nitrogens with zero attached hydrogens (tertiary/aromatic N) is 1. The third-order valence-corrected chi connectivity index (χ3v) is 4.57. The fourth-order valence-electron chi connectivity index (χ4n) is 1.66. The van der Waals surface area contributed by atoms with Crippen molar-refractivity contribution in [2.24, 2.45) is 0 Å². The van der Waals surface area contributed by atoms with Crippen LogP contribution in [0.15, 0.2) is 24.3 Å². The molecule has 1 aromatic carbocycles. The van der Waals surface area contributed by atoms with Crippen LogP contribution in [0.25, 0.3) is 0 Å². The lowest BCUT2D eigenvalue weighted by molar-refractivity contribution is 0.172. The van der Waals surface area contributed by atoms with Crippen molar-refractivity contribution in [2.45, 2.75) is 20.0 Å². The first-order valence-corrected chi connectivity index (χ1v) is 8.42. The predicted molar refractivity (Wildman–Crippen MR) is 84.8 cm³/mol. The molecule has 0 aliphatic carbocycles. The van der Waals surface area contributed by atoms with E-state index in [0.29, 0.717) is 11.4 Å². The minimum Gasteiger partial charge on any atom is -0.491 e. The molecule has 1 aromatic rings. The summed E-state index contributed by atoms with van der Waals surface area (Å²) in [7, 11) is -0.848. The number of carbonyl (C=O) groups excluding carboxylic acids is 1. The highest BCUT2D eigenvalue weighted by molar-refractivity contribution is 7.92. The number of rotatable bonds is 7. The Labute approximate surface area is 131 Å². The topological polar surface area (TPSA) is 84.9 Å². The molecule has 0 radical (unpaired) electrons. The van der Waals surface area contributed by atoms with Crippen LogP contribution >= 0.6 is 0 Å². The highest BCUT2D eigenvalue weighted by atomic mass is 32.2. The number of carbonyl (C=O) groups is 1. The molecular formula is C14H22N2O5S. The Morgan fingerprint density at radius 1 is 1.27 bits per heavy atom. The average molecular weight is 330 g/mol. The molecule has 8 heteroatoms. The summed E-state index contributed by atoms with van der Waals surface area (Å²) in [5.74, 6) is 0.458. The standard InChI is InChI=1S/C14H22N2O5S/c1-11(2)21-13-7-5-12(6-8-13)16(3)22(18,19)10-9-15-14(17)20-4/h5-8,11H,9-10H2,1-4H3,(H,15,17). The van der Waals surface area contributed by atoms with Gasteiger partial charge in [0.2, 0.25) is 10.0 Å². The summed E-state index contributed by atoms with van der Waals surface area (Å²) >= 11 is 0. The van der Waals surface area contributed by atoms with Crippen LogP contribution in [0.2, 0.25) is 0 Å². The second-order valence-electron chi connectivity index (χ2n) is 4.86. The predicted octanol–water partition coefficient (Wildman–Crippen LogP) is 1.60. The van der Waals surface area contributed by atoms with Gasteiger partial charge in [-0.1, -0.05) is 0 Å². The quantitative estimate of drug-likeness (QED) is 0.821. The van der Waals surface area contributed by atoms with E-state index in [0.717, 1.165) is 0 Å². The van der Waals surface area contributed by atoms with Gasteiger partial charge in [0.15, 0.2) is 0 Å². The highest BCUT2D eigenvalue weighted by Gasteiger charge is 2.18. The summed E-state index contributed by atoms with van der Waals surface area (Å²) in [5.41, 5.74) is 0.522. The van der Waals surface area contributed by atoms with Crippen molar-refractivity contribution in [2.75, 3.05) is 30.8 Å². The number of methoxy groups -OCH3 is 1. The van der Waals surface area contributed by atoms with Crippen LogP contribution in [-0.2, 0) is 14.8 Å².